The van der Waals surface area contributed by atoms with Crippen LogP contribution in [-0.2, 0) is 6.18 Å². The smallest absolute Gasteiger partial charge is 0.309 e. The van der Waals surface area contributed by atoms with Gasteiger partial charge in [-0.3, -0.25) is 0 Å². The second-order valence-electron chi connectivity index (χ2n) is 19.7. The summed E-state index contributed by atoms with van der Waals surface area (Å²) in [5.41, 5.74) is 9.09. The number of fused-ring (bicyclic) bond motifs is 3. The monoisotopic (exact) mass is 1080 g/mol. The highest BCUT2D eigenvalue weighted by atomic mass is 19.4. The lowest BCUT2D eigenvalue weighted by molar-refractivity contribution is -0.137. The van der Waals surface area contributed by atoms with Crippen LogP contribution >= 0.6 is 0 Å². The first kappa shape index (κ1) is 50.1. The van der Waals surface area contributed by atoms with E-state index in [4.69, 9.17) is 44.9 Å². The van der Waals surface area contributed by atoms with Gasteiger partial charge in [-0.05, 0) is 77.9 Å². The first-order valence-electron chi connectivity index (χ1n) is 26.8. The molecule has 10 aromatic carbocycles. The van der Waals surface area contributed by atoms with Gasteiger partial charge < -0.3 is 4.57 Å². The van der Waals surface area contributed by atoms with E-state index in [0.29, 0.717) is 69.0 Å². The van der Waals surface area contributed by atoms with E-state index in [1.165, 1.54) is 12.1 Å². The number of halogens is 3. The molecule has 0 N–H and O–H groups in total. The molecular formula is C70H43F3N10. The molecule has 0 bridgehead atoms. The predicted octanol–water partition coefficient (Wildman–Crippen LogP) is 17.0. The second-order valence-corrected chi connectivity index (χ2v) is 19.7. The molecule has 4 aromatic heterocycles. The van der Waals surface area contributed by atoms with Crippen LogP contribution < -0.4 is 0 Å². The highest BCUT2D eigenvalue weighted by molar-refractivity contribution is 6.11. The largest absolute Gasteiger partial charge is 0.416 e. The Kier molecular flexibility index (Phi) is 12.7. The van der Waals surface area contributed by atoms with E-state index in [-0.39, 0.29) is 5.82 Å². The molecule has 0 fully saturated rings. The van der Waals surface area contributed by atoms with Crippen LogP contribution in [0.5, 0.6) is 0 Å². The average molecular weight is 1080 g/mol. The van der Waals surface area contributed by atoms with E-state index in [1.54, 1.807) is 6.07 Å². The van der Waals surface area contributed by atoms with E-state index in [9.17, 15) is 13.2 Å². The van der Waals surface area contributed by atoms with Crippen molar-refractivity contribution in [3.8, 4) is 119 Å². The fraction of sp³-hybridized carbons (Fsp3) is 0.0143. The molecule has 4 heterocycles. The summed E-state index contributed by atoms with van der Waals surface area (Å²) in [4.78, 5) is 45.3. The third kappa shape index (κ3) is 9.93. The molecule has 0 amide bonds. The number of nitrogens with zero attached hydrogens (tertiary/aromatic N) is 10. The van der Waals surface area contributed by atoms with Gasteiger partial charge in [-0.1, -0.05) is 194 Å². The summed E-state index contributed by atoms with van der Waals surface area (Å²) in [5, 5.41) is 1.68. The van der Waals surface area contributed by atoms with Crippen molar-refractivity contribution in [3.63, 3.8) is 0 Å². The van der Waals surface area contributed by atoms with Gasteiger partial charge in [0.25, 0.3) is 0 Å². The highest BCUT2D eigenvalue weighted by Crippen LogP contribution is 2.42. The van der Waals surface area contributed by atoms with Gasteiger partial charge >= 0.3 is 6.18 Å². The van der Waals surface area contributed by atoms with E-state index < -0.39 is 11.7 Å². The summed E-state index contributed by atoms with van der Waals surface area (Å²) in [5.74, 6) is 4.12. The van der Waals surface area contributed by atoms with Crippen molar-refractivity contribution in [2.45, 2.75) is 6.18 Å². The van der Waals surface area contributed by atoms with E-state index >= 15 is 0 Å². The minimum absolute atomic E-state index is 0.289. The highest BCUT2D eigenvalue weighted by Gasteiger charge is 2.31. The zero-order valence-electron chi connectivity index (χ0n) is 43.9. The predicted molar refractivity (Wildman–Crippen MR) is 320 cm³/mol. The third-order valence-electron chi connectivity index (χ3n) is 14.4. The van der Waals surface area contributed by atoms with Crippen molar-refractivity contribution in [3.05, 3.63) is 266 Å². The van der Waals surface area contributed by atoms with Crippen molar-refractivity contribution in [2.75, 3.05) is 0 Å². The zero-order chi connectivity index (χ0) is 55.9. The summed E-state index contributed by atoms with van der Waals surface area (Å²) in [6.45, 7) is 0. The van der Waals surface area contributed by atoms with Crippen LogP contribution in [0.2, 0.25) is 0 Å². The Labute approximate surface area is 474 Å². The van der Waals surface area contributed by atoms with Crippen molar-refractivity contribution in [1.29, 1.82) is 0 Å². The average Bonchev–Trinajstić information content (AvgIpc) is 3.67. The molecule has 0 saturated carbocycles. The molecule has 10 nitrogen and oxygen atoms in total. The van der Waals surface area contributed by atoms with Crippen molar-refractivity contribution < 1.29 is 13.2 Å². The maximum atomic E-state index is 14.7. The lowest BCUT2D eigenvalue weighted by Gasteiger charge is -2.16. The molecule has 83 heavy (non-hydrogen) atoms. The van der Waals surface area contributed by atoms with Crippen LogP contribution in [0.15, 0.2) is 261 Å². The number of aromatic nitrogens is 10. The fourth-order valence-electron chi connectivity index (χ4n) is 10.4. The Morgan fingerprint density at radius 1 is 0.241 bits per heavy atom. The quantitative estimate of drug-likeness (QED) is 0.125. The van der Waals surface area contributed by atoms with Crippen LogP contribution in [-0.4, -0.2) is 49.4 Å². The Morgan fingerprint density at radius 3 is 0.892 bits per heavy atom. The summed E-state index contributed by atoms with van der Waals surface area (Å²) in [6.07, 6.45) is -4.62. The van der Waals surface area contributed by atoms with Crippen molar-refractivity contribution in [1.82, 2.24) is 49.4 Å². The van der Waals surface area contributed by atoms with Gasteiger partial charge in [0.05, 0.1) is 16.6 Å². The van der Waals surface area contributed by atoms with E-state index in [0.717, 1.165) is 72.4 Å². The summed E-state index contributed by atoms with van der Waals surface area (Å²) >= 11 is 0. The molecule has 394 valence electrons. The van der Waals surface area contributed by atoms with Crippen LogP contribution in [0.1, 0.15) is 5.56 Å². The lowest BCUT2D eigenvalue weighted by atomic mass is 9.96. The van der Waals surface area contributed by atoms with Crippen molar-refractivity contribution >= 4 is 21.8 Å². The molecule has 0 radical (unpaired) electrons. The molecule has 0 aliphatic heterocycles. The lowest BCUT2D eigenvalue weighted by Crippen LogP contribution is -2.05. The zero-order valence-corrected chi connectivity index (χ0v) is 43.9. The van der Waals surface area contributed by atoms with Gasteiger partial charge in [0.1, 0.15) is 0 Å². The summed E-state index contributed by atoms with van der Waals surface area (Å²) in [6, 6.07) is 81.7. The SMILES string of the molecule is FC(F)(F)c1cccc(-c2cc(-n3c4ccc(-c5nc(-c6ccccc6)nc(-c6ccccc6)n5)cc4c4cc(-c5nc(-c6ccccc6)nc(-c6ccccc6)n5)ccc43)ccc2-c2nc(-c3ccccc3)nc(-c3ccccc3)n2)c1. The minimum Gasteiger partial charge on any atom is -0.309 e. The number of hydrogen-bond acceptors (Lipinski definition) is 9. The molecular weight excluding hydrogens is 1040 g/mol. The molecule has 0 spiro atoms. The van der Waals surface area contributed by atoms with Gasteiger partial charge in [0, 0.05) is 66.5 Å². The second kappa shape index (κ2) is 21.1. The van der Waals surface area contributed by atoms with Gasteiger partial charge in [-0.15, -0.1) is 0 Å². The Bertz CT molecular complexity index is 4340. The first-order chi connectivity index (χ1) is 40.7. The van der Waals surface area contributed by atoms with Gasteiger partial charge in [-0.2, -0.15) is 13.2 Å². The Morgan fingerprint density at radius 2 is 0.554 bits per heavy atom. The number of alkyl halides is 3. The maximum absolute atomic E-state index is 14.7. The summed E-state index contributed by atoms with van der Waals surface area (Å²) < 4.78 is 46.3. The fourth-order valence-corrected chi connectivity index (χ4v) is 10.4. The van der Waals surface area contributed by atoms with Gasteiger partial charge in [0.2, 0.25) is 0 Å². The van der Waals surface area contributed by atoms with Crippen molar-refractivity contribution in [2.24, 2.45) is 0 Å². The Balaban J connectivity index is 1.01. The van der Waals surface area contributed by atoms with Gasteiger partial charge in [-0.25, -0.2) is 44.9 Å². The van der Waals surface area contributed by atoms with Crippen LogP contribution in [0.4, 0.5) is 13.2 Å². The first-order valence-corrected chi connectivity index (χ1v) is 26.8. The molecule has 0 unspecified atom stereocenters. The molecule has 0 atom stereocenters. The number of hydrogen-bond donors (Lipinski definition) is 0. The van der Waals surface area contributed by atoms with Crippen LogP contribution in [0, 0.1) is 0 Å². The minimum atomic E-state index is -4.62. The van der Waals surface area contributed by atoms with E-state index in [1.807, 2.05) is 224 Å². The number of rotatable bonds is 11. The molecule has 0 aliphatic rings. The maximum Gasteiger partial charge on any atom is 0.416 e. The third-order valence-corrected chi connectivity index (χ3v) is 14.4. The molecule has 0 saturated heterocycles. The van der Waals surface area contributed by atoms with E-state index in [2.05, 4.69) is 16.7 Å². The normalized spacial score (nSPS) is 11.6. The molecule has 0 aliphatic carbocycles. The molecule has 13 heteroatoms. The Hall–Kier alpha value is -11.2. The topological polar surface area (TPSA) is 121 Å². The number of benzene rings is 10. The molecule has 14 aromatic rings. The molecule has 14 rings (SSSR count). The van der Waals surface area contributed by atoms with Crippen LogP contribution in [0.3, 0.4) is 0 Å². The van der Waals surface area contributed by atoms with Crippen LogP contribution in [0.25, 0.3) is 141 Å². The van der Waals surface area contributed by atoms with Gasteiger partial charge in [0.15, 0.2) is 52.4 Å². The standard InChI is InChI=1S/C70H43F3N10/c71-70(72,73)53-33-19-32-50(40-53)56-43-54(36-37-55(56)69-81-65(48-28-15-5-16-29-48)76-66(82-69)49-30-17-6-18-31-49)83-59-38-34-51(67-77-61(44-20-7-1-8-21-44)74-62(78-67)45-22-9-2-10-23-45)41-57(59)58-42-52(35-39-60(58)83)68-79-63(46-24-11-3-12-25-46)75-64(80-68)47-26-13-4-14-27-47/h1-43H. The summed E-state index contributed by atoms with van der Waals surface area (Å²) in [7, 11) is 0.